The van der Waals surface area contributed by atoms with Crippen LogP contribution in [0.3, 0.4) is 0 Å². The summed E-state index contributed by atoms with van der Waals surface area (Å²) in [6, 6.07) is 8.37. The number of rotatable bonds is 6. The molecule has 6 heteroatoms. The maximum Gasteiger partial charge on any atom is 0.123 e. The summed E-state index contributed by atoms with van der Waals surface area (Å²) in [5.41, 5.74) is 3.30. The molecule has 2 heterocycles. The number of aliphatic imine (C=N–C) groups is 1. The van der Waals surface area contributed by atoms with Gasteiger partial charge in [-0.3, -0.25) is 9.89 Å². The second kappa shape index (κ2) is 6.82. The van der Waals surface area contributed by atoms with Gasteiger partial charge in [-0.05, 0) is 24.6 Å². The number of aliphatic hydroxyl groups excluding tert-OH is 1. The molecule has 1 aliphatic carbocycles. The highest BCUT2D eigenvalue weighted by Crippen LogP contribution is 2.20. The van der Waals surface area contributed by atoms with Crippen LogP contribution in [0.4, 0.5) is 0 Å². The first-order chi connectivity index (χ1) is 12.2. The van der Waals surface area contributed by atoms with Crippen molar-refractivity contribution in [3.8, 4) is 0 Å². The summed E-state index contributed by atoms with van der Waals surface area (Å²) >= 11 is 0. The molecule has 4 rings (SSSR count). The SMILES string of the molecule is Cn1c(CN(CCO)CC2=NC3CC=CC=C3N2)nc2ccccc21. The van der Waals surface area contributed by atoms with Gasteiger partial charge in [-0.25, -0.2) is 4.98 Å². The second-order valence-electron chi connectivity index (χ2n) is 6.51. The van der Waals surface area contributed by atoms with Crippen molar-refractivity contribution in [1.29, 1.82) is 0 Å². The molecule has 25 heavy (non-hydrogen) atoms. The van der Waals surface area contributed by atoms with Gasteiger partial charge in [-0.2, -0.15) is 0 Å². The Bertz CT molecular complexity index is 864. The molecule has 2 aromatic rings. The molecule has 0 spiro atoms. The number of hydrogen-bond acceptors (Lipinski definition) is 5. The number of aromatic nitrogens is 2. The Kier molecular flexibility index (Phi) is 4.38. The zero-order chi connectivity index (χ0) is 17.2. The van der Waals surface area contributed by atoms with Crippen LogP contribution in [0.2, 0.25) is 0 Å². The number of amidine groups is 1. The van der Waals surface area contributed by atoms with E-state index in [9.17, 15) is 5.11 Å². The summed E-state index contributed by atoms with van der Waals surface area (Å²) in [4.78, 5) is 11.7. The molecule has 1 aliphatic heterocycles. The van der Waals surface area contributed by atoms with E-state index in [4.69, 9.17) is 9.98 Å². The Balaban J connectivity index is 1.50. The zero-order valence-corrected chi connectivity index (χ0v) is 14.4. The number of nitrogens with one attached hydrogen (secondary N) is 1. The molecule has 6 nitrogen and oxygen atoms in total. The Morgan fingerprint density at radius 1 is 1.32 bits per heavy atom. The summed E-state index contributed by atoms with van der Waals surface area (Å²) in [6.45, 7) is 2.06. The van der Waals surface area contributed by atoms with Gasteiger partial charge in [0.2, 0.25) is 0 Å². The summed E-state index contributed by atoms with van der Waals surface area (Å²) in [5.74, 6) is 1.96. The van der Waals surface area contributed by atoms with Gasteiger partial charge in [-0.1, -0.05) is 24.3 Å². The molecule has 0 fully saturated rings. The van der Waals surface area contributed by atoms with Gasteiger partial charge in [0.1, 0.15) is 11.7 Å². The first kappa shape index (κ1) is 16.1. The smallest absolute Gasteiger partial charge is 0.123 e. The van der Waals surface area contributed by atoms with E-state index in [1.54, 1.807) is 0 Å². The van der Waals surface area contributed by atoms with E-state index in [2.05, 4.69) is 39.1 Å². The Labute approximate surface area is 147 Å². The molecule has 0 saturated carbocycles. The van der Waals surface area contributed by atoms with Crippen molar-refractivity contribution in [2.24, 2.45) is 12.0 Å². The van der Waals surface area contributed by atoms with Gasteiger partial charge in [0.05, 0.1) is 36.8 Å². The third-order valence-electron chi connectivity index (χ3n) is 4.76. The standard InChI is InChI=1S/C19H23N5O/c1-23-17-9-5-4-8-16(17)22-19(23)13-24(10-11-25)12-18-20-14-6-2-3-7-15(14)21-18/h2-6,8-9,15,25H,7,10-13H2,1H3,(H,20,21). The molecule has 2 N–H and O–H groups in total. The molecule has 0 bridgehead atoms. The van der Waals surface area contributed by atoms with Crippen molar-refractivity contribution in [3.63, 3.8) is 0 Å². The van der Waals surface area contributed by atoms with Crippen molar-refractivity contribution < 1.29 is 5.11 Å². The van der Waals surface area contributed by atoms with Crippen LogP contribution in [0.5, 0.6) is 0 Å². The zero-order valence-electron chi connectivity index (χ0n) is 14.4. The first-order valence-corrected chi connectivity index (χ1v) is 8.68. The van der Waals surface area contributed by atoms with Gasteiger partial charge in [-0.15, -0.1) is 0 Å². The fourth-order valence-electron chi connectivity index (χ4n) is 3.44. The topological polar surface area (TPSA) is 65.7 Å². The van der Waals surface area contributed by atoms with Gasteiger partial charge >= 0.3 is 0 Å². The highest BCUT2D eigenvalue weighted by molar-refractivity contribution is 5.88. The number of aryl methyl sites for hydroxylation is 1. The van der Waals surface area contributed by atoms with Crippen molar-refractivity contribution in [2.45, 2.75) is 19.0 Å². The lowest BCUT2D eigenvalue weighted by atomic mass is 10.1. The molecule has 1 unspecified atom stereocenters. The third-order valence-corrected chi connectivity index (χ3v) is 4.76. The van der Waals surface area contributed by atoms with E-state index in [1.807, 2.05) is 25.2 Å². The van der Waals surface area contributed by atoms with Gasteiger partial charge in [0.15, 0.2) is 0 Å². The normalized spacial score (nSPS) is 19.1. The molecule has 0 saturated heterocycles. The number of benzene rings is 1. The number of aliphatic hydroxyl groups is 1. The Morgan fingerprint density at radius 3 is 3.00 bits per heavy atom. The number of para-hydroxylation sites is 2. The van der Waals surface area contributed by atoms with E-state index in [0.717, 1.165) is 29.1 Å². The maximum atomic E-state index is 9.45. The van der Waals surface area contributed by atoms with Crippen molar-refractivity contribution in [2.75, 3.05) is 19.7 Å². The molecule has 2 aliphatic rings. The van der Waals surface area contributed by atoms with Gasteiger partial charge < -0.3 is 15.0 Å². The maximum absolute atomic E-state index is 9.45. The summed E-state index contributed by atoms with van der Waals surface area (Å²) in [7, 11) is 2.04. The van der Waals surface area contributed by atoms with Crippen molar-refractivity contribution >= 4 is 16.9 Å². The van der Waals surface area contributed by atoms with Crippen LogP contribution in [0.1, 0.15) is 12.2 Å². The van der Waals surface area contributed by atoms with Crippen LogP contribution in [0.25, 0.3) is 11.0 Å². The monoisotopic (exact) mass is 337 g/mol. The molecule has 0 amide bonds. The summed E-state index contributed by atoms with van der Waals surface area (Å²) in [6.07, 6.45) is 7.26. The molecule has 1 aromatic heterocycles. The second-order valence-corrected chi connectivity index (χ2v) is 6.51. The van der Waals surface area contributed by atoms with Gasteiger partial charge in [0.25, 0.3) is 0 Å². The number of hydrogen-bond donors (Lipinski definition) is 2. The number of imidazole rings is 1. The number of allylic oxidation sites excluding steroid dienone is 2. The molecular weight excluding hydrogens is 314 g/mol. The minimum atomic E-state index is 0.116. The van der Waals surface area contributed by atoms with Crippen LogP contribution in [-0.2, 0) is 13.6 Å². The number of fused-ring (bicyclic) bond motifs is 2. The lowest BCUT2D eigenvalue weighted by Gasteiger charge is -2.21. The van der Waals surface area contributed by atoms with Crippen molar-refractivity contribution in [1.82, 2.24) is 19.8 Å². The largest absolute Gasteiger partial charge is 0.395 e. The average Bonchev–Trinajstić information content (AvgIpc) is 3.16. The van der Waals surface area contributed by atoms with E-state index >= 15 is 0 Å². The van der Waals surface area contributed by atoms with Crippen molar-refractivity contribution in [3.05, 3.63) is 54.0 Å². The predicted molar refractivity (Wildman–Crippen MR) is 99.3 cm³/mol. The Hall–Kier alpha value is -2.44. The fraction of sp³-hybridized carbons (Fsp3) is 0.368. The van der Waals surface area contributed by atoms with Crippen LogP contribution < -0.4 is 5.32 Å². The van der Waals surface area contributed by atoms with E-state index in [0.29, 0.717) is 19.6 Å². The minimum Gasteiger partial charge on any atom is -0.395 e. The molecule has 1 aromatic carbocycles. The first-order valence-electron chi connectivity index (χ1n) is 8.68. The van der Waals surface area contributed by atoms with E-state index in [1.165, 1.54) is 5.70 Å². The highest BCUT2D eigenvalue weighted by atomic mass is 16.3. The van der Waals surface area contributed by atoms with E-state index in [-0.39, 0.29) is 12.6 Å². The third kappa shape index (κ3) is 3.23. The molecule has 0 radical (unpaired) electrons. The summed E-state index contributed by atoms with van der Waals surface area (Å²) in [5, 5.41) is 12.9. The predicted octanol–water partition coefficient (Wildman–Crippen LogP) is 1.58. The van der Waals surface area contributed by atoms with Crippen LogP contribution in [0.15, 0.2) is 53.2 Å². The van der Waals surface area contributed by atoms with Crippen LogP contribution in [0, 0.1) is 0 Å². The molecule has 130 valence electrons. The minimum absolute atomic E-state index is 0.116. The fourth-order valence-corrected chi connectivity index (χ4v) is 3.44. The molecule has 1 atom stereocenters. The number of nitrogens with zero attached hydrogens (tertiary/aromatic N) is 4. The van der Waals surface area contributed by atoms with Crippen LogP contribution >= 0.6 is 0 Å². The van der Waals surface area contributed by atoms with E-state index < -0.39 is 0 Å². The van der Waals surface area contributed by atoms with Gasteiger partial charge in [0, 0.05) is 19.3 Å². The lowest BCUT2D eigenvalue weighted by Crippen LogP contribution is -2.36. The highest BCUT2D eigenvalue weighted by Gasteiger charge is 2.24. The quantitative estimate of drug-likeness (QED) is 0.840. The average molecular weight is 337 g/mol. The molecular formula is C19H23N5O. The van der Waals surface area contributed by atoms with Crippen LogP contribution in [-0.4, -0.2) is 51.1 Å². The Morgan fingerprint density at radius 2 is 2.20 bits per heavy atom. The summed E-state index contributed by atoms with van der Waals surface area (Å²) < 4.78 is 2.12. The lowest BCUT2D eigenvalue weighted by molar-refractivity contribution is 0.203.